The third kappa shape index (κ3) is 4.11. The van der Waals surface area contributed by atoms with Crippen molar-refractivity contribution in [3.05, 3.63) is 23.2 Å². The Morgan fingerprint density at radius 2 is 2.00 bits per heavy atom. The first-order valence-electron chi connectivity index (χ1n) is 6.31. The summed E-state index contributed by atoms with van der Waals surface area (Å²) < 4.78 is 0. The van der Waals surface area contributed by atoms with Crippen molar-refractivity contribution in [2.24, 2.45) is 0 Å². The highest BCUT2D eigenvalue weighted by atomic mass is 35.5. The molecular formula is C14H22ClN3O. The molecule has 1 aromatic carbocycles. The minimum Gasteiger partial charge on any atom is -0.376 e. The SMILES string of the molecule is CCNC(C)(C)C(=O)Nc1ccc(N(C)C)c(Cl)c1. The monoisotopic (exact) mass is 283 g/mol. The summed E-state index contributed by atoms with van der Waals surface area (Å²) in [6.07, 6.45) is 0. The zero-order valence-electron chi connectivity index (χ0n) is 12.2. The second-order valence-electron chi connectivity index (χ2n) is 5.17. The predicted octanol–water partition coefficient (Wildman–Crippen LogP) is 2.73. The maximum absolute atomic E-state index is 12.1. The number of rotatable bonds is 5. The molecular weight excluding hydrogens is 262 g/mol. The number of nitrogens with one attached hydrogen (secondary N) is 2. The summed E-state index contributed by atoms with van der Waals surface area (Å²) in [4.78, 5) is 14.1. The van der Waals surface area contributed by atoms with Gasteiger partial charge in [0.2, 0.25) is 5.91 Å². The lowest BCUT2D eigenvalue weighted by Gasteiger charge is -2.24. The average Bonchev–Trinajstić information content (AvgIpc) is 2.28. The molecule has 1 rings (SSSR count). The third-order valence-corrected chi connectivity index (χ3v) is 3.18. The first-order valence-corrected chi connectivity index (χ1v) is 6.69. The summed E-state index contributed by atoms with van der Waals surface area (Å²) in [5, 5.41) is 6.62. The molecule has 0 aliphatic heterocycles. The van der Waals surface area contributed by atoms with Crippen LogP contribution in [0.2, 0.25) is 5.02 Å². The van der Waals surface area contributed by atoms with E-state index in [1.54, 1.807) is 6.07 Å². The van der Waals surface area contributed by atoms with E-state index in [1.165, 1.54) is 0 Å². The first kappa shape index (κ1) is 15.8. The van der Waals surface area contributed by atoms with Crippen LogP contribution in [0.5, 0.6) is 0 Å². The van der Waals surface area contributed by atoms with Crippen LogP contribution >= 0.6 is 11.6 Å². The van der Waals surface area contributed by atoms with Crippen LogP contribution in [0.3, 0.4) is 0 Å². The topological polar surface area (TPSA) is 44.4 Å². The Labute approximate surface area is 120 Å². The van der Waals surface area contributed by atoms with Crippen molar-refractivity contribution in [1.82, 2.24) is 5.32 Å². The number of nitrogens with zero attached hydrogens (tertiary/aromatic N) is 1. The molecule has 0 bridgehead atoms. The average molecular weight is 284 g/mol. The van der Waals surface area contributed by atoms with Crippen molar-refractivity contribution < 1.29 is 4.79 Å². The van der Waals surface area contributed by atoms with Crippen LogP contribution in [0.25, 0.3) is 0 Å². The lowest BCUT2D eigenvalue weighted by molar-refractivity contribution is -0.121. The standard InChI is InChI=1S/C14H22ClN3O/c1-6-16-14(2,3)13(19)17-10-7-8-12(18(4)5)11(15)9-10/h7-9,16H,6H2,1-5H3,(H,17,19). The number of likely N-dealkylation sites (N-methyl/N-ethyl adjacent to an activating group) is 1. The van der Waals surface area contributed by atoms with Gasteiger partial charge in [-0.15, -0.1) is 0 Å². The van der Waals surface area contributed by atoms with Crippen LogP contribution in [-0.4, -0.2) is 32.1 Å². The number of carbonyl (C=O) groups is 1. The Morgan fingerprint density at radius 1 is 1.37 bits per heavy atom. The fourth-order valence-corrected chi connectivity index (χ4v) is 2.11. The fraction of sp³-hybridized carbons (Fsp3) is 0.500. The lowest BCUT2D eigenvalue weighted by Crippen LogP contribution is -2.49. The van der Waals surface area contributed by atoms with E-state index in [4.69, 9.17) is 11.6 Å². The number of anilines is 2. The Balaban J connectivity index is 2.84. The third-order valence-electron chi connectivity index (χ3n) is 2.87. The van der Waals surface area contributed by atoms with Crippen molar-refractivity contribution in [2.45, 2.75) is 26.3 Å². The predicted molar refractivity (Wildman–Crippen MR) is 82.2 cm³/mol. The smallest absolute Gasteiger partial charge is 0.244 e. The van der Waals surface area contributed by atoms with E-state index in [2.05, 4.69) is 10.6 Å². The second kappa shape index (κ2) is 6.26. The van der Waals surface area contributed by atoms with Crippen molar-refractivity contribution in [3.63, 3.8) is 0 Å². The first-order chi connectivity index (χ1) is 8.77. The molecule has 0 aromatic heterocycles. The zero-order chi connectivity index (χ0) is 14.6. The molecule has 106 valence electrons. The maximum atomic E-state index is 12.1. The molecule has 0 aliphatic rings. The molecule has 1 aromatic rings. The van der Waals surface area contributed by atoms with Crippen LogP contribution < -0.4 is 15.5 Å². The van der Waals surface area contributed by atoms with Gasteiger partial charge in [-0.05, 0) is 38.6 Å². The molecule has 5 heteroatoms. The Bertz CT molecular complexity index is 458. The molecule has 0 atom stereocenters. The van der Waals surface area contributed by atoms with Gasteiger partial charge in [-0.3, -0.25) is 4.79 Å². The van der Waals surface area contributed by atoms with Gasteiger partial charge >= 0.3 is 0 Å². The van der Waals surface area contributed by atoms with E-state index in [9.17, 15) is 4.79 Å². The molecule has 0 aliphatic carbocycles. The van der Waals surface area contributed by atoms with Crippen molar-refractivity contribution in [2.75, 3.05) is 30.9 Å². The molecule has 1 amide bonds. The van der Waals surface area contributed by atoms with Crippen LogP contribution in [0.4, 0.5) is 11.4 Å². The summed E-state index contributed by atoms with van der Waals surface area (Å²) in [7, 11) is 3.85. The van der Waals surface area contributed by atoms with Crippen LogP contribution in [-0.2, 0) is 4.79 Å². The Hall–Kier alpha value is -1.26. The summed E-state index contributed by atoms with van der Waals surface area (Å²) in [5.74, 6) is -0.0805. The molecule has 0 saturated heterocycles. The van der Waals surface area contributed by atoms with Crippen molar-refractivity contribution in [1.29, 1.82) is 0 Å². The Kier molecular flexibility index (Phi) is 5.20. The molecule has 0 fully saturated rings. The van der Waals surface area contributed by atoms with Gasteiger partial charge in [0.25, 0.3) is 0 Å². The minimum absolute atomic E-state index is 0.0805. The van der Waals surface area contributed by atoms with E-state index in [1.807, 2.05) is 51.9 Å². The van der Waals surface area contributed by atoms with E-state index in [0.717, 1.165) is 12.2 Å². The highest BCUT2D eigenvalue weighted by Gasteiger charge is 2.26. The van der Waals surface area contributed by atoms with Gasteiger partial charge in [0.1, 0.15) is 0 Å². The molecule has 4 nitrogen and oxygen atoms in total. The van der Waals surface area contributed by atoms with E-state index in [0.29, 0.717) is 10.7 Å². The summed E-state index contributed by atoms with van der Waals surface area (Å²) in [6, 6.07) is 5.50. The highest BCUT2D eigenvalue weighted by molar-refractivity contribution is 6.33. The molecule has 0 heterocycles. The summed E-state index contributed by atoms with van der Waals surface area (Å²) >= 11 is 6.17. The van der Waals surface area contributed by atoms with E-state index < -0.39 is 5.54 Å². The normalized spacial score (nSPS) is 11.3. The molecule has 0 radical (unpaired) electrons. The van der Waals surface area contributed by atoms with Crippen LogP contribution in [0.1, 0.15) is 20.8 Å². The number of halogens is 1. The summed E-state index contributed by atoms with van der Waals surface area (Å²) in [5.41, 5.74) is 1.01. The van der Waals surface area contributed by atoms with E-state index >= 15 is 0 Å². The quantitative estimate of drug-likeness (QED) is 0.873. The van der Waals surface area contributed by atoms with Gasteiger partial charge in [0.15, 0.2) is 0 Å². The van der Waals surface area contributed by atoms with E-state index in [-0.39, 0.29) is 5.91 Å². The molecule has 19 heavy (non-hydrogen) atoms. The zero-order valence-corrected chi connectivity index (χ0v) is 12.9. The van der Waals surface area contributed by atoms with Gasteiger partial charge in [-0.25, -0.2) is 0 Å². The molecule has 0 saturated carbocycles. The van der Waals surface area contributed by atoms with Gasteiger partial charge < -0.3 is 15.5 Å². The minimum atomic E-state index is -0.610. The van der Waals surface area contributed by atoms with Crippen LogP contribution in [0.15, 0.2) is 18.2 Å². The number of hydrogen-bond acceptors (Lipinski definition) is 3. The van der Waals surface area contributed by atoms with Gasteiger partial charge in [0, 0.05) is 19.8 Å². The van der Waals surface area contributed by atoms with Crippen molar-refractivity contribution in [3.8, 4) is 0 Å². The molecule has 0 unspecified atom stereocenters. The number of benzene rings is 1. The Morgan fingerprint density at radius 3 is 2.47 bits per heavy atom. The number of hydrogen-bond donors (Lipinski definition) is 2. The van der Waals surface area contributed by atoms with Gasteiger partial charge in [0.05, 0.1) is 16.2 Å². The second-order valence-corrected chi connectivity index (χ2v) is 5.58. The molecule has 0 spiro atoms. The lowest BCUT2D eigenvalue weighted by atomic mass is 10.0. The van der Waals surface area contributed by atoms with Crippen molar-refractivity contribution >= 4 is 28.9 Å². The maximum Gasteiger partial charge on any atom is 0.244 e. The number of carbonyl (C=O) groups excluding carboxylic acids is 1. The number of amides is 1. The highest BCUT2D eigenvalue weighted by Crippen LogP contribution is 2.27. The summed E-state index contributed by atoms with van der Waals surface area (Å²) in [6.45, 7) is 6.40. The van der Waals surface area contributed by atoms with Crippen LogP contribution in [0, 0.1) is 0 Å². The largest absolute Gasteiger partial charge is 0.376 e. The fourth-order valence-electron chi connectivity index (χ4n) is 1.76. The van der Waals surface area contributed by atoms with Gasteiger partial charge in [-0.2, -0.15) is 0 Å². The van der Waals surface area contributed by atoms with Gasteiger partial charge in [-0.1, -0.05) is 18.5 Å². The molecule has 2 N–H and O–H groups in total.